The number of carbonyl (C=O) groups is 1. The van der Waals surface area contributed by atoms with Crippen molar-refractivity contribution in [2.45, 2.75) is 32.3 Å². The van der Waals surface area contributed by atoms with Crippen LogP contribution < -0.4 is 4.74 Å². The van der Waals surface area contributed by atoms with Gasteiger partial charge < -0.3 is 9.53 Å². The highest BCUT2D eigenvalue weighted by Crippen LogP contribution is 2.30. The summed E-state index contributed by atoms with van der Waals surface area (Å²) in [7, 11) is 0. The molecule has 2 aromatic rings. The van der Waals surface area contributed by atoms with Gasteiger partial charge in [0.05, 0.1) is 6.20 Å². The van der Waals surface area contributed by atoms with Crippen LogP contribution >= 0.6 is 11.6 Å². The summed E-state index contributed by atoms with van der Waals surface area (Å²) in [5.74, 6) is -0.732. The first-order valence-corrected chi connectivity index (χ1v) is 8.67. The molecule has 4 nitrogen and oxygen atoms in total. The van der Waals surface area contributed by atoms with Crippen LogP contribution in [0.15, 0.2) is 30.5 Å². The normalized spacial score (nSPS) is 16.9. The molecular formula is C19H17ClF2N2O2. The molecule has 136 valence electrons. The molecule has 0 spiro atoms. The van der Waals surface area contributed by atoms with Gasteiger partial charge in [0.25, 0.3) is 5.88 Å². The predicted molar refractivity (Wildman–Crippen MR) is 93.7 cm³/mol. The van der Waals surface area contributed by atoms with Crippen molar-refractivity contribution in [3.8, 4) is 5.88 Å². The van der Waals surface area contributed by atoms with Crippen molar-refractivity contribution >= 4 is 23.5 Å². The minimum absolute atomic E-state index is 0.170. The molecule has 3 rings (SSSR count). The molecule has 0 saturated heterocycles. The third-order valence-corrected chi connectivity index (χ3v) is 4.56. The fourth-order valence-electron chi connectivity index (χ4n) is 2.83. The van der Waals surface area contributed by atoms with Gasteiger partial charge in [0.15, 0.2) is 5.82 Å². The lowest BCUT2D eigenvalue weighted by molar-refractivity contribution is -0.108. The summed E-state index contributed by atoms with van der Waals surface area (Å²) >= 11 is 5.71. The van der Waals surface area contributed by atoms with Gasteiger partial charge in [-0.2, -0.15) is 9.37 Å². The van der Waals surface area contributed by atoms with E-state index in [9.17, 15) is 13.6 Å². The zero-order valence-corrected chi connectivity index (χ0v) is 14.7. The Kier molecular flexibility index (Phi) is 5.93. The average molecular weight is 379 g/mol. The first kappa shape index (κ1) is 18.5. The Morgan fingerprint density at radius 1 is 1.31 bits per heavy atom. The van der Waals surface area contributed by atoms with Crippen molar-refractivity contribution in [2.75, 3.05) is 0 Å². The van der Waals surface area contributed by atoms with Crippen LogP contribution in [0.4, 0.5) is 8.78 Å². The van der Waals surface area contributed by atoms with Gasteiger partial charge in [0, 0.05) is 17.0 Å². The quantitative estimate of drug-likeness (QED) is 0.680. The molecule has 1 heterocycles. The van der Waals surface area contributed by atoms with E-state index in [1.54, 1.807) is 0 Å². The Hall–Kier alpha value is -2.34. The minimum atomic E-state index is -0.710. The number of benzene rings is 1. The number of hydrogen-bond acceptors (Lipinski definition) is 4. The molecule has 0 saturated carbocycles. The third-order valence-electron chi connectivity index (χ3n) is 4.33. The molecule has 0 aliphatic heterocycles. The molecule has 1 aliphatic carbocycles. The smallest absolute Gasteiger partial charge is 0.254 e. The van der Waals surface area contributed by atoms with Crippen LogP contribution in [0.5, 0.6) is 5.88 Å². The number of nitrogens with zero attached hydrogens (tertiary/aromatic N) is 2. The summed E-state index contributed by atoms with van der Waals surface area (Å²) in [6, 6.07) is 4.19. The number of rotatable bonds is 6. The molecule has 7 heteroatoms. The second-order valence-electron chi connectivity index (χ2n) is 6.14. The fraction of sp³-hybridized carbons (Fsp3) is 0.316. The number of halogens is 3. The second kappa shape index (κ2) is 8.36. The van der Waals surface area contributed by atoms with Gasteiger partial charge in [-0.3, -0.25) is 0 Å². The maximum atomic E-state index is 13.9. The van der Waals surface area contributed by atoms with Crippen molar-refractivity contribution in [3.63, 3.8) is 0 Å². The van der Waals surface area contributed by atoms with Gasteiger partial charge in [0.2, 0.25) is 5.82 Å². The molecule has 0 N–H and O–H groups in total. The van der Waals surface area contributed by atoms with Crippen LogP contribution in [0.25, 0.3) is 5.57 Å². The van der Waals surface area contributed by atoms with Crippen LogP contribution in [0.2, 0.25) is 5.02 Å². The van der Waals surface area contributed by atoms with Crippen LogP contribution in [0.3, 0.4) is 0 Å². The standard InChI is InChI=1S/C19H17ClF2N2O2/c20-15-6-5-14(16(21)9-15)11-26-19-17(22)10-23-18(24-19)13-3-1-12(2-4-13)7-8-25/h3,5-6,8-10,12H,1-2,4,7,11H2. The fourth-order valence-corrected chi connectivity index (χ4v) is 2.99. The molecule has 1 aromatic heterocycles. The van der Waals surface area contributed by atoms with Gasteiger partial charge in [-0.15, -0.1) is 0 Å². The molecule has 26 heavy (non-hydrogen) atoms. The third kappa shape index (κ3) is 4.43. The molecule has 0 radical (unpaired) electrons. The summed E-state index contributed by atoms with van der Waals surface area (Å²) < 4.78 is 33.1. The molecule has 0 bridgehead atoms. The van der Waals surface area contributed by atoms with E-state index in [-0.39, 0.29) is 23.1 Å². The molecular weight excluding hydrogens is 362 g/mol. The van der Waals surface area contributed by atoms with E-state index < -0.39 is 11.6 Å². The number of aldehydes is 1. The highest BCUT2D eigenvalue weighted by molar-refractivity contribution is 6.30. The molecule has 1 atom stereocenters. The Labute approximate surface area is 154 Å². The molecule has 1 aromatic carbocycles. The lowest BCUT2D eigenvalue weighted by atomic mass is 9.87. The summed E-state index contributed by atoms with van der Waals surface area (Å²) in [5.41, 5.74) is 1.15. The van der Waals surface area contributed by atoms with Gasteiger partial charge in [0.1, 0.15) is 18.7 Å². The number of aromatic nitrogens is 2. The lowest BCUT2D eigenvalue weighted by Gasteiger charge is -2.19. The van der Waals surface area contributed by atoms with E-state index in [0.29, 0.717) is 18.2 Å². The number of ether oxygens (including phenoxy) is 1. The van der Waals surface area contributed by atoms with E-state index in [4.69, 9.17) is 16.3 Å². The van der Waals surface area contributed by atoms with E-state index in [2.05, 4.69) is 9.97 Å². The molecule has 0 fully saturated rings. The van der Waals surface area contributed by atoms with E-state index in [1.807, 2.05) is 6.08 Å². The zero-order chi connectivity index (χ0) is 18.5. The van der Waals surface area contributed by atoms with Crippen LogP contribution in [-0.4, -0.2) is 16.3 Å². The van der Waals surface area contributed by atoms with Gasteiger partial charge in [-0.25, -0.2) is 9.37 Å². The van der Waals surface area contributed by atoms with Crippen molar-refractivity contribution in [2.24, 2.45) is 5.92 Å². The predicted octanol–water partition coefficient (Wildman–Crippen LogP) is 4.76. The zero-order valence-electron chi connectivity index (χ0n) is 13.9. The first-order valence-electron chi connectivity index (χ1n) is 8.29. The highest BCUT2D eigenvalue weighted by atomic mass is 35.5. The van der Waals surface area contributed by atoms with Gasteiger partial charge in [-0.1, -0.05) is 23.7 Å². The van der Waals surface area contributed by atoms with E-state index in [1.165, 1.54) is 18.2 Å². The van der Waals surface area contributed by atoms with Crippen molar-refractivity contribution in [1.29, 1.82) is 0 Å². The monoisotopic (exact) mass is 378 g/mol. The SMILES string of the molecule is O=CCC1CC=C(c2ncc(F)c(OCc3ccc(Cl)cc3F)n2)CC1. The number of carbonyl (C=O) groups excluding carboxylic acids is 1. The summed E-state index contributed by atoms with van der Waals surface area (Å²) in [6.45, 7) is -0.170. The second-order valence-corrected chi connectivity index (χ2v) is 6.58. The topological polar surface area (TPSA) is 52.1 Å². The van der Waals surface area contributed by atoms with Crippen LogP contribution in [-0.2, 0) is 11.4 Å². The summed E-state index contributed by atoms with van der Waals surface area (Å²) in [4.78, 5) is 18.8. The number of hydrogen-bond donors (Lipinski definition) is 0. The van der Waals surface area contributed by atoms with Gasteiger partial charge in [-0.05, 0) is 42.9 Å². The Balaban J connectivity index is 1.73. The highest BCUT2D eigenvalue weighted by Gasteiger charge is 2.18. The maximum Gasteiger partial charge on any atom is 0.254 e. The lowest BCUT2D eigenvalue weighted by Crippen LogP contribution is -2.09. The molecule has 1 aliphatic rings. The Morgan fingerprint density at radius 2 is 2.15 bits per heavy atom. The average Bonchev–Trinajstić information content (AvgIpc) is 2.63. The van der Waals surface area contributed by atoms with Gasteiger partial charge >= 0.3 is 0 Å². The van der Waals surface area contributed by atoms with Crippen LogP contribution in [0, 0.1) is 17.6 Å². The maximum absolute atomic E-state index is 13.9. The Morgan fingerprint density at radius 3 is 2.85 bits per heavy atom. The number of allylic oxidation sites excluding steroid dienone is 2. The molecule has 1 unspecified atom stereocenters. The first-order chi connectivity index (χ1) is 12.6. The summed E-state index contributed by atoms with van der Waals surface area (Å²) in [6.07, 6.45) is 6.84. The van der Waals surface area contributed by atoms with Crippen molar-refractivity contribution in [1.82, 2.24) is 9.97 Å². The minimum Gasteiger partial charge on any atom is -0.471 e. The Bertz CT molecular complexity index is 842. The summed E-state index contributed by atoms with van der Waals surface area (Å²) in [5, 5.41) is 0.277. The van der Waals surface area contributed by atoms with E-state index in [0.717, 1.165) is 37.3 Å². The van der Waals surface area contributed by atoms with Crippen molar-refractivity contribution in [3.05, 3.63) is 58.5 Å². The van der Waals surface area contributed by atoms with Crippen LogP contribution in [0.1, 0.15) is 37.1 Å². The van der Waals surface area contributed by atoms with Crippen molar-refractivity contribution < 1.29 is 18.3 Å². The van der Waals surface area contributed by atoms with E-state index >= 15 is 0 Å². The largest absolute Gasteiger partial charge is 0.471 e. The molecule has 0 amide bonds.